The normalized spacial score (nSPS) is 10.8. The molecule has 0 saturated carbocycles. The molecule has 17 heavy (non-hydrogen) atoms. The zero-order chi connectivity index (χ0) is 12.4. The quantitative estimate of drug-likeness (QED) is 0.946. The molecular formula is C11H12BrN3OS. The second-order valence-electron chi connectivity index (χ2n) is 3.60. The number of halogens is 1. The number of nitrogens with zero attached hydrogens (tertiary/aromatic N) is 3. The van der Waals surface area contributed by atoms with E-state index < -0.39 is 0 Å². The van der Waals surface area contributed by atoms with Gasteiger partial charge in [-0.1, -0.05) is 22.0 Å². The molecule has 1 heterocycles. The number of aryl methyl sites for hydroxylation is 1. The first-order valence-corrected chi connectivity index (χ1v) is 6.66. The van der Waals surface area contributed by atoms with Crippen LogP contribution in [-0.4, -0.2) is 19.9 Å². The van der Waals surface area contributed by atoms with E-state index in [9.17, 15) is 0 Å². The molecule has 2 rings (SSSR count). The maximum atomic E-state index is 9.08. The molecule has 0 saturated heterocycles. The lowest BCUT2D eigenvalue weighted by atomic mass is 10.2. The van der Waals surface area contributed by atoms with Crippen molar-refractivity contribution in [3.8, 4) is 0 Å². The fraction of sp³-hybridized carbons (Fsp3) is 0.273. The Labute approximate surface area is 112 Å². The maximum Gasteiger partial charge on any atom is 0.195 e. The molecule has 0 radical (unpaired) electrons. The summed E-state index contributed by atoms with van der Waals surface area (Å²) in [6, 6.07) is 5.83. The molecule has 4 nitrogen and oxygen atoms in total. The van der Waals surface area contributed by atoms with Gasteiger partial charge in [-0.25, -0.2) is 0 Å². The second kappa shape index (κ2) is 5.20. The van der Waals surface area contributed by atoms with E-state index in [0.717, 1.165) is 25.9 Å². The highest BCUT2D eigenvalue weighted by molar-refractivity contribution is 9.10. The summed E-state index contributed by atoms with van der Waals surface area (Å²) in [5, 5.41) is 18.0. The lowest BCUT2D eigenvalue weighted by molar-refractivity contribution is 0.281. The summed E-state index contributed by atoms with van der Waals surface area (Å²) >= 11 is 4.97. The Morgan fingerprint density at radius 2 is 2.18 bits per heavy atom. The first-order chi connectivity index (χ1) is 8.11. The Kier molecular flexibility index (Phi) is 3.86. The van der Waals surface area contributed by atoms with Gasteiger partial charge >= 0.3 is 0 Å². The second-order valence-corrected chi connectivity index (χ2v) is 5.50. The summed E-state index contributed by atoms with van der Waals surface area (Å²) in [4.78, 5) is 1.06. The van der Waals surface area contributed by atoms with Gasteiger partial charge in [0, 0.05) is 16.4 Å². The third kappa shape index (κ3) is 2.70. The van der Waals surface area contributed by atoms with Crippen LogP contribution in [0, 0.1) is 6.92 Å². The highest BCUT2D eigenvalue weighted by atomic mass is 79.9. The molecule has 0 atom stereocenters. The average Bonchev–Trinajstić information content (AvgIpc) is 2.61. The maximum absolute atomic E-state index is 9.08. The first kappa shape index (κ1) is 12.6. The molecule has 0 aliphatic rings. The molecule has 0 aliphatic carbocycles. The highest BCUT2D eigenvalue weighted by Crippen LogP contribution is 2.29. The van der Waals surface area contributed by atoms with Crippen molar-refractivity contribution in [1.29, 1.82) is 0 Å². The Morgan fingerprint density at radius 1 is 1.41 bits per heavy atom. The fourth-order valence-corrected chi connectivity index (χ4v) is 2.83. The third-order valence-electron chi connectivity index (χ3n) is 2.46. The van der Waals surface area contributed by atoms with Crippen LogP contribution in [0.15, 0.2) is 32.7 Å². The molecule has 1 N–H and O–H groups in total. The van der Waals surface area contributed by atoms with Gasteiger partial charge < -0.3 is 9.67 Å². The number of hydrogen-bond acceptors (Lipinski definition) is 4. The minimum absolute atomic E-state index is 0.0363. The number of rotatable bonds is 3. The van der Waals surface area contributed by atoms with Crippen molar-refractivity contribution in [3.63, 3.8) is 0 Å². The van der Waals surface area contributed by atoms with E-state index in [4.69, 9.17) is 5.11 Å². The lowest BCUT2D eigenvalue weighted by Gasteiger charge is -2.05. The Balaban J connectivity index is 2.25. The van der Waals surface area contributed by atoms with E-state index in [0.29, 0.717) is 0 Å². The SMILES string of the molecule is Cc1nnc(Sc2ccc(CO)c(Br)c2)n1C. The molecule has 6 heteroatoms. The van der Waals surface area contributed by atoms with Crippen LogP contribution in [0.25, 0.3) is 0 Å². The van der Waals surface area contributed by atoms with Gasteiger partial charge in [0.2, 0.25) is 0 Å². The largest absolute Gasteiger partial charge is 0.392 e. The standard InChI is InChI=1S/C11H12BrN3OS/c1-7-13-14-11(15(7)2)17-9-4-3-8(6-16)10(12)5-9/h3-5,16H,6H2,1-2H3. The Hall–Kier alpha value is -0.850. The fourth-order valence-electron chi connectivity index (χ4n) is 1.30. The van der Waals surface area contributed by atoms with Crippen LogP contribution in [0.4, 0.5) is 0 Å². The molecular weight excluding hydrogens is 302 g/mol. The summed E-state index contributed by atoms with van der Waals surface area (Å²) in [5.74, 6) is 0.888. The summed E-state index contributed by atoms with van der Waals surface area (Å²) in [6.07, 6.45) is 0. The number of aromatic nitrogens is 3. The minimum atomic E-state index is 0.0363. The molecule has 0 unspecified atom stereocenters. The van der Waals surface area contributed by atoms with Gasteiger partial charge in [-0.05, 0) is 36.4 Å². The number of aliphatic hydroxyl groups excluding tert-OH is 1. The van der Waals surface area contributed by atoms with Gasteiger partial charge in [0.25, 0.3) is 0 Å². The van der Waals surface area contributed by atoms with Gasteiger partial charge in [0.05, 0.1) is 6.61 Å². The number of benzene rings is 1. The van der Waals surface area contributed by atoms with Crippen LogP contribution in [0.2, 0.25) is 0 Å². The smallest absolute Gasteiger partial charge is 0.195 e. The minimum Gasteiger partial charge on any atom is -0.392 e. The first-order valence-electron chi connectivity index (χ1n) is 5.05. The summed E-state index contributed by atoms with van der Waals surface area (Å²) in [6.45, 7) is 1.95. The van der Waals surface area contributed by atoms with Gasteiger partial charge in [0.1, 0.15) is 5.82 Å². The van der Waals surface area contributed by atoms with E-state index in [1.807, 2.05) is 36.7 Å². The molecule has 2 aromatic rings. The highest BCUT2D eigenvalue weighted by Gasteiger charge is 2.08. The molecule has 0 aliphatic heterocycles. The van der Waals surface area contributed by atoms with Crippen molar-refractivity contribution in [3.05, 3.63) is 34.1 Å². The average molecular weight is 314 g/mol. The predicted octanol–water partition coefficient (Wildman–Crippen LogP) is 2.53. The zero-order valence-electron chi connectivity index (χ0n) is 9.51. The van der Waals surface area contributed by atoms with Crippen LogP contribution in [0.5, 0.6) is 0 Å². The van der Waals surface area contributed by atoms with E-state index in [1.165, 1.54) is 0 Å². The van der Waals surface area contributed by atoms with Crippen LogP contribution in [0.1, 0.15) is 11.4 Å². The Bertz CT molecular complexity index is 542. The summed E-state index contributed by atoms with van der Waals surface area (Å²) in [7, 11) is 1.94. The van der Waals surface area contributed by atoms with Crippen molar-refractivity contribution < 1.29 is 5.11 Å². The monoisotopic (exact) mass is 313 g/mol. The van der Waals surface area contributed by atoms with Crippen molar-refractivity contribution in [1.82, 2.24) is 14.8 Å². The lowest BCUT2D eigenvalue weighted by Crippen LogP contribution is -1.93. The van der Waals surface area contributed by atoms with Crippen LogP contribution in [-0.2, 0) is 13.7 Å². The predicted molar refractivity (Wildman–Crippen MR) is 69.9 cm³/mol. The topological polar surface area (TPSA) is 50.9 Å². The Morgan fingerprint density at radius 3 is 2.71 bits per heavy atom. The van der Waals surface area contributed by atoms with E-state index >= 15 is 0 Å². The van der Waals surface area contributed by atoms with Crippen LogP contribution in [0.3, 0.4) is 0 Å². The molecule has 90 valence electrons. The van der Waals surface area contributed by atoms with Crippen molar-refractivity contribution in [2.45, 2.75) is 23.6 Å². The van der Waals surface area contributed by atoms with Gasteiger partial charge in [-0.3, -0.25) is 0 Å². The van der Waals surface area contributed by atoms with Gasteiger partial charge in [-0.15, -0.1) is 10.2 Å². The zero-order valence-corrected chi connectivity index (χ0v) is 11.9. The third-order valence-corrected chi connectivity index (χ3v) is 4.22. The van der Waals surface area contributed by atoms with Crippen LogP contribution >= 0.6 is 27.7 Å². The molecule has 0 fully saturated rings. The summed E-state index contributed by atoms with van der Waals surface area (Å²) < 4.78 is 2.85. The van der Waals surface area contributed by atoms with E-state index in [2.05, 4.69) is 26.1 Å². The van der Waals surface area contributed by atoms with E-state index in [-0.39, 0.29) is 6.61 Å². The summed E-state index contributed by atoms with van der Waals surface area (Å²) in [5.41, 5.74) is 0.878. The van der Waals surface area contributed by atoms with Crippen LogP contribution < -0.4 is 0 Å². The molecule has 1 aromatic carbocycles. The molecule has 0 spiro atoms. The molecule has 1 aromatic heterocycles. The van der Waals surface area contributed by atoms with Gasteiger partial charge in [0.15, 0.2) is 5.16 Å². The van der Waals surface area contributed by atoms with E-state index in [1.54, 1.807) is 11.8 Å². The number of hydrogen-bond donors (Lipinski definition) is 1. The van der Waals surface area contributed by atoms with Crippen molar-refractivity contribution in [2.24, 2.45) is 7.05 Å². The van der Waals surface area contributed by atoms with Crippen molar-refractivity contribution in [2.75, 3.05) is 0 Å². The van der Waals surface area contributed by atoms with Gasteiger partial charge in [-0.2, -0.15) is 0 Å². The van der Waals surface area contributed by atoms with Crippen molar-refractivity contribution >= 4 is 27.7 Å². The molecule has 0 amide bonds. The molecule has 0 bridgehead atoms. The number of aliphatic hydroxyl groups is 1.